The summed E-state index contributed by atoms with van der Waals surface area (Å²) in [6.45, 7) is 4.05. The molecule has 2 aromatic carbocycles. The van der Waals surface area contributed by atoms with Crippen molar-refractivity contribution in [3.63, 3.8) is 0 Å². The van der Waals surface area contributed by atoms with Crippen LogP contribution >= 0.6 is 65.6 Å². The quantitative estimate of drug-likeness (QED) is 0.0297. The maximum absolute atomic E-state index is 14.5. The number of nitrogens with two attached hydrogens (primary N) is 2. The monoisotopic (exact) mass is 1560 g/mol. The third-order valence-corrected chi connectivity index (χ3v) is 21.4. The number of carboxylic acids is 1. The number of aliphatic carboxylic acids is 1. The molecule has 3 fully saturated rings. The minimum Gasteiger partial charge on any atom is -0.508 e. The summed E-state index contributed by atoms with van der Waals surface area (Å²) in [6.07, 6.45) is -4.18. The van der Waals surface area contributed by atoms with Gasteiger partial charge in [-0.1, -0.05) is 78.2 Å². The standard InChI is InChI=1S/C61H85N15O21S6/c1-5-97-61(96)39(20-32-10-14-34(79)15-11-32)71-54(89)40(24-99-98)67-46(81)22-64-59(94)48(30(4)77)75-57(92)43-27-103-102-26-42-55(90)68-36(16-17-47(82)83)52(87)69-37(19-31-8-12-33(78)13-9-31)53(88)65-28(2)49(84)72-41(25-101-100-23-35(62)51(86)74-42)56(91)70-38(21-45(63)80)60(95)76-18-6-7-44(76)58(93)66-29(3)50(85)73-43/h8-15,28-30,35-44,48,77-79,98H,5-7,16-27,62H2,1-4H3,(H2,63,80)(H,64,94)(H,65,88)(H,66,93)(H,67,81)(H,68,90)(H,69,87)(H,70,91)(H,71,89)(H,72,84)(H,73,85)(H,74,86)(H,75,92)(H,82,83)/t28-,29-,30?,35-,36-,37-,38-,39-,40-,41-,42?,43?,44-,48-/m0/s1. The first-order chi connectivity index (χ1) is 48.8. The zero-order valence-electron chi connectivity index (χ0n) is 56.1. The molecule has 3 saturated heterocycles. The molecule has 42 heteroatoms. The molecule has 3 unspecified atom stereocenters. The van der Waals surface area contributed by atoms with Crippen LogP contribution in [-0.4, -0.2) is 253 Å². The number of phenolic OH excluding ortho intramolecular Hbond substituents is 2. The number of benzene rings is 2. The number of nitrogens with one attached hydrogen (secondary N) is 12. The number of ether oxygens (including phenoxy) is 1. The number of hydrogen-bond donors (Lipinski definition) is 19. The van der Waals surface area contributed by atoms with E-state index in [1.54, 1.807) is 6.92 Å². The number of phenols is 2. The van der Waals surface area contributed by atoms with Crippen LogP contribution < -0.4 is 75.3 Å². The molecule has 3 aliphatic rings. The molecule has 14 atom stereocenters. The largest absolute Gasteiger partial charge is 0.508 e. The Morgan fingerprint density at radius 3 is 1.79 bits per heavy atom. The highest BCUT2D eigenvalue weighted by molar-refractivity contribution is 8.77. The third-order valence-electron chi connectivity index (χ3n) is 15.6. The third kappa shape index (κ3) is 27.9. The number of carbonyl (C=O) groups is 16. The Bertz CT molecular complexity index is 3410. The summed E-state index contributed by atoms with van der Waals surface area (Å²) in [7, 11) is 4.20. The van der Waals surface area contributed by atoms with Crippen molar-refractivity contribution >= 4 is 160 Å². The number of nitrogens with zero attached hydrogens (tertiary/aromatic N) is 1. The first kappa shape index (κ1) is 85.2. The van der Waals surface area contributed by atoms with Crippen LogP contribution in [0.4, 0.5) is 0 Å². The molecule has 0 radical (unpaired) electrons. The summed E-state index contributed by atoms with van der Waals surface area (Å²) in [6, 6.07) is -9.49. The Morgan fingerprint density at radius 1 is 0.660 bits per heavy atom. The number of aliphatic hydroxyl groups is 1. The number of hydrogen-bond acceptors (Lipinski definition) is 27. The second-order valence-corrected chi connectivity index (χ2v) is 30.3. The lowest BCUT2D eigenvalue weighted by Gasteiger charge is -2.30. The lowest BCUT2D eigenvalue weighted by Crippen LogP contribution is -2.61. The number of carboxylic acid groups (broad SMARTS) is 1. The van der Waals surface area contributed by atoms with Gasteiger partial charge in [-0.3, -0.25) is 71.9 Å². The molecular formula is C61H85N15O21S6. The number of aromatic hydroxyl groups is 2. The van der Waals surface area contributed by atoms with Gasteiger partial charge in [0.15, 0.2) is 0 Å². The molecule has 20 N–H and O–H groups in total. The summed E-state index contributed by atoms with van der Waals surface area (Å²) in [4.78, 5) is 223. The zero-order chi connectivity index (χ0) is 76.2. The zero-order valence-corrected chi connectivity index (χ0v) is 61.1. The van der Waals surface area contributed by atoms with Gasteiger partial charge in [-0.25, -0.2) is 4.79 Å². The van der Waals surface area contributed by atoms with Crippen LogP contribution in [0.1, 0.15) is 70.9 Å². The Hall–Kier alpha value is -8.42. The molecule has 0 spiro atoms. The van der Waals surface area contributed by atoms with Gasteiger partial charge < -0.3 is 105 Å². The van der Waals surface area contributed by atoms with Gasteiger partial charge in [0.25, 0.3) is 0 Å². The summed E-state index contributed by atoms with van der Waals surface area (Å²) >= 11 is 4.11. The Morgan fingerprint density at radius 2 is 1.20 bits per heavy atom. The van der Waals surface area contributed by atoms with E-state index in [1.165, 1.54) is 62.4 Å². The van der Waals surface area contributed by atoms with E-state index in [0.717, 1.165) is 65.8 Å². The first-order valence-corrected chi connectivity index (χ1v) is 39.1. The van der Waals surface area contributed by atoms with E-state index in [4.69, 9.17) is 16.2 Å². The van der Waals surface area contributed by atoms with Crippen LogP contribution in [0, 0.1) is 0 Å². The van der Waals surface area contributed by atoms with Gasteiger partial charge in [-0.05, 0) is 82.3 Å². The van der Waals surface area contributed by atoms with Crippen molar-refractivity contribution in [2.45, 2.75) is 157 Å². The van der Waals surface area contributed by atoms with E-state index >= 15 is 0 Å². The first-order valence-electron chi connectivity index (χ1n) is 32.1. The topological polar surface area (TPSA) is 563 Å². The van der Waals surface area contributed by atoms with Crippen molar-refractivity contribution in [3.8, 4) is 11.5 Å². The second kappa shape index (κ2) is 42.4. The minimum atomic E-state index is -1.90. The second-order valence-electron chi connectivity index (χ2n) is 23.8. The Labute approximate surface area is 615 Å². The fraction of sp³-hybridized carbons (Fsp3) is 0.541. The van der Waals surface area contributed by atoms with Crippen LogP contribution in [0.5, 0.6) is 11.5 Å². The molecular weight excluding hydrogens is 1470 g/mol. The molecule has 3 aliphatic heterocycles. The molecule has 566 valence electrons. The van der Waals surface area contributed by atoms with Crippen LogP contribution in [0.15, 0.2) is 48.5 Å². The molecule has 0 aromatic heterocycles. The maximum atomic E-state index is 14.5. The molecule has 5 rings (SSSR count). The summed E-state index contributed by atoms with van der Waals surface area (Å²) < 4.78 is 5.15. The molecule has 103 heavy (non-hydrogen) atoms. The van der Waals surface area contributed by atoms with Crippen molar-refractivity contribution in [3.05, 3.63) is 59.7 Å². The molecule has 2 aromatic rings. The maximum Gasteiger partial charge on any atom is 0.328 e. The number of thiol groups is 1. The molecule has 14 amide bonds. The average molecular weight is 1560 g/mol. The van der Waals surface area contributed by atoms with E-state index in [0.29, 0.717) is 11.1 Å². The summed E-state index contributed by atoms with van der Waals surface area (Å²) in [5.74, 6) is -18.8. The van der Waals surface area contributed by atoms with Crippen LogP contribution in [0.3, 0.4) is 0 Å². The number of primary amides is 1. The number of aliphatic hydroxyl groups excluding tert-OH is 1. The van der Waals surface area contributed by atoms with Gasteiger partial charge in [-0.2, -0.15) is 0 Å². The van der Waals surface area contributed by atoms with Gasteiger partial charge in [-0.15, -0.1) is 11.7 Å². The van der Waals surface area contributed by atoms with Gasteiger partial charge in [0.1, 0.15) is 84.0 Å². The summed E-state index contributed by atoms with van der Waals surface area (Å²) in [5, 5.41) is 69.9. The van der Waals surface area contributed by atoms with Gasteiger partial charge >= 0.3 is 11.9 Å². The molecule has 36 nitrogen and oxygen atoms in total. The number of carbonyl (C=O) groups excluding carboxylic acids is 15. The Balaban J connectivity index is 1.50. The van der Waals surface area contributed by atoms with E-state index in [1.807, 2.05) is 0 Å². The van der Waals surface area contributed by atoms with Crippen LogP contribution in [0.25, 0.3) is 0 Å². The normalized spacial score (nSPS) is 24.5. The van der Waals surface area contributed by atoms with Gasteiger partial charge in [0.05, 0.1) is 31.7 Å². The van der Waals surface area contributed by atoms with Crippen molar-refractivity contribution in [1.82, 2.24) is 68.7 Å². The number of rotatable bonds is 22. The highest BCUT2D eigenvalue weighted by Crippen LogP contribution is 2.27. The van der Waals surface area contributed by atoms with Crippen molar-refractivity contribution in [1.29, 1.82) is 0 Å². The number of esters is 1. The van der Waals surface area contributed by atoms with Crippen molar-refractivity contribution < 1.29 is 102 Å². The van der Waals surface area contributed by atoms with Crippen molar-refractivity contribution in [2.24, 2.45) is 11.5 Å². The summed E-state index contributed by atoms with van der Waals surface area (Å²) in [5.41, 5.74) is 12.8. The molecule has 2 bridgehead atoms. The predicted molar refractivity (Wildman–Crippen MR) is 382 cm³/mol. The number of amides is 14. The number of fused-ring (bicyclic) bond motifs is 9. The van der Waals surface area contributed by atoms with E-state index < -0.39 is 217 Å². The van der Waals surface area contributed by atoms with E-state index in [2.05, 4.69) is 75.5 Å². The SMILES string of the molecule is CCOC(=O)[C@H](Cc1ccc(O)cc1)NC(=O)[C@H](CSS)NC(=O)CNC(=O)[C@@H](NC(=O)C1CSSCC2NC(=O)[C@@H](N)CSSC[C@H](NC(=O)[C@H](C)NC(=O)[C@H](Cc3ccc(O)cc3)NC(=O)[C@H](CCC(=O)O)NC2=O)C(=O)N[C@@H](CC(N)=O)C(=O)N2CCC[C@H]2C(=O)N[C@@H](C)C(=O)N1)C(C)O. The highest BCUT2D eigenvalue weighted by atomic mass is 33.1. The van der Waals surface area contributed by atoms with Crippen molar-refractivity contribution in [2.75, 3.05) is 48.5 Å². The van der Waals surface area contributed by atoms with Gasteiger partial charge in [0, 0.05) is 54.6 Å². The average Bonchev–Trinajstić information content (AvgIpc) is 1.74. The van der Waals surface area contributed by atoms with Crippen LogP contribution in [-0.2, 0) is 94.3 Å². The van der Waals surface area contributed by atoms with E-state index in [-0.39, 0.29) is 67.6 Å². The lowest BCUT2D eigenvalue weighted by molar-refractivity contribution is -0.147. The fourth-order valence-electron chi connectivity index (χ4n) is 10.1. The molecule has 0 aliphatic carbocycles. The Kier molecular flexibility index (Phi) is 35.1. The van der Waals surface area contributed by atoms with E-state index in [9.17, 15) is 97.1 Å². The van der Waals surface area contributed by atoms with Crippen LogP contribution in [0.2, 0.25) is 0 Å². The minimum absolute atomic E-state index is 0.00512. The van der Waals surface area contributed by atoms with Gasteiger partial charge in [0.2, 0.25) is 82.7 Å². The predicted octanol–water partition coefficient (Wildman–Crippen LogP) is -5.26. The smallest absolute Gasteiger partial charge is 0.328 e. The molecule has 0 saturated carbocycles. The molecule has 3 heterocycles. The fourth-order valence-corrected chi connectivity index (χ4v) is 15.5. The lowest BCUT2D eigenvalue weighted by atomic mass is 10.0. The highest BCUT2D eigenvalue weighted by Gasteiger charge is 2.42.